The van der Waals surface area contributed by atoms with Gasteiger partial charge < -0.3 is 10.2 Å². The molecule has 0 heterocycles. The van der Waals surface area contributed by atoms with Crippen LogP contribution in [0.15, 0.2) is 12.7 Å². The van der Waals surface area contributed by atoms with E-state index in [1.54, 1.807) is 0 Å². The van der Waals surface area contributed by atoms with E-state index in [-0.39, 0.29) is 15.7 Å². The van der Waals surface area contributed by atoms with Crippen molar-refractivity contribution < 1.29 is 10.2 Å². The molecule has 19 heavy (non-hydrogen) atoms. The average molecular weight is 600 g/mol. The number of halogens is 3. The Kier molecular flexibility index (Phi) is 3.52. The van der Waals surface area contributed by atoms with Gasteiger partial charge in [-0.25, -0.2) is 0 Å². The van der Waals surface area contributed by atoms with Crippen LogP contribution in [0.4, 0.5) is 0 Å². The zero-order valence-electron chi connectivity index (χ0n) is 10.8. The van der Waals surface area contributed by atoms with Gasteiger partial charge in [-0.2, -0.15) is 0 Å². The first-order valence-corrected chi connectivity index (χ1v) is 12.6. The predicted molar refractivity (Wildman–Crippen MR) is 107 cm³/mol. The Balaban J connectivity index is 2.27. The van der Waals surface area contributed by atoms with Gasteiger partial charge in [-0.1, -0.05) is 37.7 Å². The lowest BCUT2D eigenvalue weighted by Crippen LogP contribution is -2.78. The number of hydrogen-bond donors (Lipinski definition) is 2. The SMILES string of the molecule is C=CC12CC3(I)C[C@@](I=C)(C1)C(O)(O)[C@](I=C)(C3)C2. The molecule has 5 heteroatoms. The maximum absolute atomic E-state index is 11.0. The van der Waals surface area contributed by atoms with E-state index in [9.17, 15) is 10.2 Å². The lowest BCUT2D eigenvalue weighted by molar-refractivity contribution is -0.257. The summed E-state index contributed by atoms with van der Waals surface area (Å²) in [6.45, 7) is 4.08. The summed E-state index contributed by atoms with van der Waals surface area (Å²) in [7, 11) is 0. The fourth-order valence-corrected chi connectivity index (χ4v) is 14.9. The molecular formula is C14H19I3O2. The molecule has 2 unspecified atom stereocenters. The molecule has 0 radical (unpaired) electrons. The number of aliphatic hydroxyl groups is 2. The Morgan fingerprint density at radius 3 is 1.79 bits per heavy atom. The molecule has 4 aliphatic rings. The van der Waals surface area contributed by atoms with E-state index in [4.69, 9.17) is 0 Å². The van der Waals surface area contributed by atoms with Crippen LogP contribution in [0.3, 0.4) is 0 Å². The third-order valence-electron chi connectivity index (χ3n) is 5.32. The number of rotatable bonds is 3. The van der Waals surface area contributed by atoms with Crippen molar-refractivity contribution in [3.05, 3.63) is 12.7 Å². The maximum Gasteiger partial charge on any atom is 0.191 e. The second-order valence-electron chi connectivity index (χ2n) is 6.47. The number of allylic oxidation sites excluding steroid dienone is 1. The van der Waals surface area contributed by atoms with Gasteiger partial charge in [-0.15, -0.1) is 48.0 Å². The van der Waals surface area contributed by atoms with Crippen molar-refractivity contribution in [2.24, 2.45) is 5.41 Å². The molecule has 4 rings (SSSR count). The van der Waals surface area contributed by atoms with E-state index in [0.29, 0.717) is 0 Å². The Morgan fingerprint density at radius 1 is 0.947 bits per heavy atom. The summed E-state index contributed by atoms with van der Waals surface area (Å²) in [4.78, 5) is 0. The maximum atomic E-state index is 11.0. The monoisotopic (exact) mass is 600 g/mol. The van der Waals surface area contributed by atoms with Crippen LogP contribution in [0.2, 0.25) is 0 Å². The molecule has 0 amide bonds. The summed E-state index contributed by atoms with van der Waals surface area (Å²) in [5.74, 6) is -1.54. The van der Waals surface area contributed by atoms with E-state index < -0.39 is 47.2 Å². The van der Waals surface area contributed by atoms with E-state index in [2.05, 4.69) is 44.3 Å². The first kappa shape index (κ1) is 15.5. The molecule has 2 nitrogen and oxygen atoms in total. The molecular weight excluding hydrogens is 581 g/mol. The van der Waals surface area contributed by atoms with Crippen LogP contribution in [0.1, 0.15) is 32.1 Å². The normalized spacial score (nSPS) is 54.3. The highest BCUT2D eigenvalue weighted by molar-refractivity contribution is 14.2. The van der Waals surface area contributed by atoms with Crippen LogP contribution in [0.5, 0.6) is 0 Å². The summed E-state index contributed by atoms with van der Waals surface area (Å²) < 4.78 is 7.85. The van der Waals surface area contributed by atoms with Gasteiger partial charge in [-0.05, 0) is 37.5 Å². The van der Waals surface area contributed by atoms with Crippen LogP contribution in [-0.2, 0) is 0 Å². The van der Waals surface area contributed by atoms with Crippen molar-refractivity contribution in [1.29, 1.82) is 0 Å². The van der Waals surface area contributed by atoms with Crippen LogP contribution in [0.25, 0.3) is 0 Å². The molecule has 4 aliphatic carbocycles. The van der Waals surface area contributed by atoms with E-state index in [1.807, 2.05) is 0 Å². The molecule has 4 atom stereocenters. The number of hydrogen-bond acceptors (Lipinski definition) is 2. The highest BCUT2D eigenvalue weighted by Gasteiger charge is 2.77. The van der Waals surface area contributed by atoms with Gasteiger partial charge in [0.2, 0.25) is 0 Å². The summed E-state index contributed by atoms with van der Waals surface area (Å²) >= 11 is 1.62. The van der Waals surface area contributed by atoms with Gasteiger partial charge in [0.05, 0.1) is 6.84 Å². The molecule has 0 aromatic heterocycles. The van der Waals surface area contributed by atoms with Crippen molar-refractivity contribution in [2.45, 2.75) is 48.2 Å². The van der Waals surface area contributed by atoms with Gasteiger partial charge in [0.1, 0.15) is 0 Å². The van der Waals surface area contributed by atoms with Crippen LogP contribution < -0.4 is 0 Å². The van der Waals surface area contributed by atoms with Crippen molar-refractivity contribution >= 4 is 73.1 Å². The van der Waals surface area contributed by atoms with Gasteiger partial charge in [-0.3, -0.25) is 0 Å². The first-order chi connectivity index (χ1) is 8.72. The smallest absolute Gasteiger partial charge is 0.191 e. The molecule has 2 N–H and O–H groups in total. The Labute approximate surface area is 148 Å². The van der Waals surface area contributed by atoms with Gasteiger partial charge in [0.25, 0.3) is 0 Å². The van der Waals surface area contributed by atoms with Crippen molar-refractivity contribution in [3.63, 3.8) is 0 Å². The summed E-state index contributed by atoms with van der Waals surface area (Å²) in [6.07, 6.45) is 6.86. The lowest BCUT2D eigenvalue weighted by Gasteiger charge is -2.71. The topological polar surface area (TPSA) is 40.5 Å². The van der Waals surface area contributed by atoms with Crippen LogP contribution in [-0.4, -0.2) is 35.3 Å². The minimum absolute atomic E-state index is 0.0987. The quantitative estimate of drug-likeness (QED) is 0.226. The molecule has 4 bridgehead atoms. The van der Waals surface area contributed by atoms with Gasteiger partial charge in [0.15, 0.2) is 5.79 Å². The molecule has 0 aromatic carbocycles. The van der Waals surface area contributed by atoms with Gasteiger partial charge in [0, 0.05) is 3.42 Å². The fraction of sp³-hybridized carbons (Fsp3) is 0.714. The fourth-order valence-electron chi connectivity index (χ4n) is 4.74. The third kappa shape index (κ3) is 1.77. The standard InChI is InChI=1S/C14H19I3O2/c1-4-10-5-11(15)8-12(6-10,16-2)14(18,19)13(7-10,9-11)17-3/h4,18-19H,1-3,5-9H2/t10?,11?,12-,13+. The lowest BCUT2D eigenvalue weighted by atomic mass is 9.47. The van der Waals surface area contributed by atoms with Crippen LogP contribution in [0, 0.1) is 5.41 Å². The predicted octanol–water partition coefficient (Wildman–Crippen LogP) is 3.29. The molecule has 0 aliphatic heterocycles. The largest absolute Gasteiger partial charge is 0.364 e. The van der Waals surface area contributed by atoms with E-state index in [0.717, 1.165) is 32.1 Å². The first-order valence-electron chi connectivity index (χ1n) is 6.28. The molecule has 0 saturated heterocycles. The Morgan fingerprint density at radius 2 is 1.42 bits per heavy atom. The van der Waals surface area contributed by atoms with Crippen molar-refractivity contribution in [2.75, 3.05) is 0 Å². The minimum atomic E-state index is -1.54. The Bertz CT molecular complexity index is 457. The summed E-state index contributed by atoms with van der Waals surface area (Å²) in [6, 6.07) is 0. The summed E-state index contributed by atoms with van der Waals surface area (Å²) in [5, 5.41) is 22.0. The second kappa shape index (κ2) is 4.32. The minimum Gasteiger partial charge on any atom is -0.364 e. The molecule has 108 valence electrons. The zero-order chi connectivity index (χ0) is 14.2. The zero-order valence-corrected chi connectivity index (χ0v) is 17.2. The van der Waals surface area contributed by atoms with E-state index in [1.165, 1.54) is 0 Å². The molecule has 0 spiro atoms. The average Bonchev–Trinajstić information content (AvgIpc) is 2.34. The van der Waals surface area contributed by atoms with Crippen LogP contribution >= 0.6 is 64.1 Å². The van der Waals surface area contributed by atoms with E-state index >= 15 is 0 Å². The summed E-state index contributed by atoms with van der Waals surface area (Å²) in [5.41, 5.74) is 0.0987. The Hall–Kier alpha value is 1.59. The number of alkyl halides is 3. The molecule has 0 aromatic rings. The van der Waals surface area contributed by atoms with Gasteiger partial charge >= 0.3 is 0 Å². The molecule has 4 fully saturated rings. The van der Waals surface area contributed by atoms with Crippen molar-refractivity contribution in [1.82, 2.24) is 0 Å². The highest BCUT2D eigenvalue weighted by Crippen LogP contribution is 2.76. The molecule has 4 saturated carbocycles. The highest BCUT2D eigenvalue weighted by atomic mass is 127. The third-order valence-corrected chi connectivity index (χ3v) is 12.4. The second-order valence-corrected chi connectivity index (χ2v) is 14.4. The van der Waals surface area contributed by atoms with Crippen molar-refractivity contribution in [3.8, 4) is 0 Å².